The minimum Gasteiger partial charge on any atom is -0.324 e. The van der Waals surface area contributed by atoms with E-state index in [9.17, 15) is 4.39 Å². The molecule has 2 N–H and O–H groups in total. The van der Waals surface area contributed by atoms with Gasteiger partial charge in [0.25, 0.3) is 0 Å². The minimum atomic E-state index is -0.432. The highest BCUT2D eigenvalue weighted by atomic mass is 79.9. The zero-order valence-corrected chi connectivity index (χ0v) is 11.9. The molecule has 0 fully saturated rings. The SMILES string of the molecule is NC(Cc1cccc(Br)c1)c1ccc(Cl)c(F)c1. The van der Waals surface area contributed by atoms with E-state index >= 15 is 0 Å². The molecule has 0 radical (unpaired) electrons. The van der Waals surface area contributed by atoms with Gasteiger partial charge in [-0.05, 0) is 41.8 Å². The quantitative estimate of drug-likeness (QED) is 0.883. The van der Waals surface area contributed by atoms with E-state index in [1.54, 1.807) is 6.07 Å². The molecule has 1 atom stereocenters. The highest BCUT2D eigenvalue weighted by Crippen LogP contribution is 2.22. The van der Waals surface area contributed by atoms with Crippen LogP contribution in [0.15, 0.2) is 46.9 Å². The third kappa shape index (κ3) is 3.31. The smallest absolute Gasteiger partial charge is 0.142 e. The Hall–Kier alpha value is -0.900. The molecule has 0 saturated carbocycles. The predicted octanol–water partition coefficient (Wildman–Crippen LogP) is 4.48. The van der Waals surface area contributed by atoms with Crippen molar-refractivity contribution in [2.75, 3.05) is 0 Å². The van der Waals surface area contributed by atoms with Gasteiger partial charge in [0.05, 0.1) is 5.02 Å². The lowest BCUT2D eigenvalue weighted by Crippen LogP contribution is -2.13. The molecule has 18 heavy (non-hydrogen) atoms. The normalized spacial score (nSPS) is 12.4. The maximum Gasteiger partial charge on any atom is 0.142 e. The van der Waals surface area contributed by atoms with Gasteiger partial charge in [-0.25, -0.2) is 4.39 Å². The van der Waals surface area contributed by atoms with E-state index < -0.39 is 5.82 Å². The zero-order valence-electron chi connectivity index (χ0n) is 9.54. The molecule has 1 nitrogen and oxygen atoms in total. The molecule has 4 heteroatoms. The first-order valence-corrected chi connectivity index (χ1v) is 6.68. The standard InChI is InChI=1S/C14H12BrClFN/c15-11-3-1-2-9(6-11)7-14(18)10-4-5-12(16)13(17)8-10/h1-6,8,14H,7,18H2. The van der Waals surface area contributed by atoms with Gasteiger partial charge in [-0.15, -0.1) is 0 Å². The van der Waals surface area contributed by atoms with Gasteiger partial charge in [0.15, 0.2) is 0 Å². The summed E-state index contributed by atoms with van der Waals surface area (Å²) in [5.41, 5.74) is 7.92. The van der Waals surface area contributed by atoms with Gasteiger partial charge in [-0.2, -0.15) is 0 Å². The number of benzene rings is 2. The van der Waals surface area contributed by atoms with E-state index in [1.807, 2.05) is 24.3 Å². The van der Waals surface area contributed by atoms with Crippen molar-refractivity contribution in [2.45, 2.75) is 12.5 Å². The lowest BCUT2D eigenvalue weighted by molar-refractivity contribution is 0.619. The van der Waals surface area contributed by atoms with Crippen molar-refractivity contribution in [1.29, 1.82) is 0 Å². The van der Waals surface area contributed by atoms with Crippen LogP contribution in [-0.2, 0) is 6.42 Å². The summed E-state index contributed by atoms with van der Waals surface area (Å²) in [5, 5.41) is 0.119. The molecule has 94 valence electrons. The lowest BCUT2D eigenvalue weighted by atomic mass is 10.00. The van der Waals surface area contributed by atoms with Gasteiger partial charge >= 0.3 is 0 Å². The monoisotopic (exact) mass is 327 g/mol. The third-order valence-electron chi connectivity index (χ3n) is 2.72. The first-order valence-electron chi connectivity index (χ1n) is 5.51. The second-order valence-electron chi connectivity index (χ2n) is 4.11. The van der Waals surface area contributed by atoms with Gasteiger partial charge in [0.1, 0.15) is 5.82 Å². The summed E-state index contributed by atoms with van der Waals surface area (Å²) in [6.07, 6.45) is 0.653. The molecule has 0 spiro atoms. The third-order valence-corrected chi connectivity index (χ3v) is 3.52. The molecule has 1 unspecified atom stereocenters. The van der Waals surface area contributed by atoms with Crippen LogP contribution in [0.3, 0.4) is 0 Å². The minimum absolute atomic E-state index is 0.119. The molecule has 0 bridgehead atoms. The first-order chi connectivity index (χ1) is 8.56. The Balaban J connectivity index is 2.16. The molecule has 2 aromatic rings. The maximum atomic E-state index is 13.3. The number of nitrogens with two attached hydrogens (primary N) is 1. The Morgan fingerprint density at radius 3 is 2.67 bits per heavy atom. The topological polar surface area (TPSA) is 26.0 Å². The molecule has 0 aromatic heterocycles. The molecule has 0 aliphatic rings. The van der Waals surface area contributed by atoms with Gasteiger partial charge < -0.3 is 5.73 Å². The van der Waals surface area contributed by atoms with Gasteiger partial charge in [-0.1, -0.05) is 45.7 Å². The van der Waals surface area contributed by atoms with E-state index in [2.05, 4.69) is 15.9 Å². The molecule has 2 rings (SSSR count). The van der Waals surface area contributed by atoms with Crippen LogP contribution in [0.5, 0.6) is 0 Å². The van der Waals surface area contributed by atoms with E-state index in [0.29, 0.717) is 6.42 Å². The Kier molecular flexibility index (Phi) is 4.38. The van der Waals surface area contributed by atoms with E-state index in [1.165, 1.54) is 12.1 Å². The molecule has 0 aliphatic heterocycles. The van der Waals surface area contributed by atoms with Crippen LogP contribution in [0.1, 0.15) is 17.2 Å². The molecule has 0 heterocycles. The van der Waals surface area contributed by atoms with Crippen LogP contribution in [-0.4, -0.2) is 0 Å². The second kappa shape index (κ2) is 5.83. The first kappa shape index (κ1) is 13.5. The van der Waals surface area contributed by atoms with Crippen LogP contribution in [0.2, 0.25) is 5.02 Å². The summed E-state index contributed by atoms with van der Waals surface area (Å²) >= 11 is 9.06. The molecular formula is C14H12BrClFN. The number of rotatable bonds is 3. The second-order valence-corrected chi connectivity index (χ2v) is 5.44. The lowest BCUT2D eigenvalue weighted by Gasteiger charge is -2.13. The number of hydrogen-bond acceptors (Lipinski definition) is 1. The fourth-order valence-corrected chi connectivity index (χ4v) is 2.34. The fourth-order valence-electron chi connectivity index (χ4n) is 1.78. The molecule has 2 aromatic carbocycles. The Labute approximate surface area is 119 Å². The maximum absolute atomic E-state index is 13.3. The fraction of sp³-hybridized carbons (Fsp3) is 0.143. The number of halogens is 3. The predicted molar refractivity (Wildman–Crippen MR) is 76.2 cm³/mol. The summed E-state index contributed by atoms with van der Waals surface area (Å²) in [5.74, 6) is -0.432. The Morgan fingerprint density at radius 2 is 2.00 bits per heavy atom. The van der Waals surface area contributed by atoms with Crippen molar-refractivity contribution >= 4 is 27.5 Å². The molecular weight excluding hydrogens is 317 g/mol. The largest absolute Gasteiger partial charge is 0.324 e. The van der Waals surface area contributed by atoms with Crippen LogP contribution < -0.4 is 5.73 Å². The zero-order chi connectivity index (χ0) is 13.1. The van der Waals surface area contributed by atoms with Crippen LogP contribution in [0, 0.1) is 5.82 Å². The highest BCUT2D eigenvalue weighted by molar-refractivity contribution is 9.10. The van der Waals surface area contributed by atoms with E-state index in [4.69, 9.17) is 17.3 Å². The van der Waals surface area contributed by atoms with Crippen molar-refractivity contribution in [3.05, 3.63) is 68.9 Å². The van der Waals surface area contributed by atoms with Crippen LogP contribution >= 0.6 is 27.5 Å². The molecule has 0 saturated heterocycles. The van der Waals surface area contributed by atoms with E-state index in [-0.39, 0.29) is 11.1 Å². The van der Waals surface area contributed by atoms with Crippen LogP contribution in [0.4, 0.5) is 4.39 Å². The Morgan fingerprint density at radius 1 is 1.22 bits per heavy atom. The van der Waals surface area contributed by atoms with Crippen molar-refractivity contribution in [2.24, 2.45) is 5.73 Å². The highest BCUT2D eigenvalue weighted by Gasteiger charge is 2.10. The Bertz CT molecular complexity index is 559. The summed E-state index contributed by atoms with van der Waals surface area (Å²) in [6, 6.07) is 12.4. The van der Waals surface area contributed by atoms with Crippen molar-refractivity contribution in [3.63, 3.8) is 0 Å². The van der Waals surface area contributed by atoms with E-state index in [0.717, 1.165) is 15.6 Å². The van der Waals surface area contributed by atoms with Crippen molar-refractivity contribution < 1.29 is 4.39 Å². The van der Waals surface area contributed by atoms with Crippen LogP contribution in [0.25, 0.3) is 0 Å². The summed E-state index contributed by atoms with van der Waals surface area (Å²) in [4.78, 5) is 0. The summed E-state index contributed by atoms with van der Waals surface area (Å²) in [7, 11) is 0. The van der Waals surface area contributed by atoms with Gasteiger partial charge in [0, 0.05) is 10.5 Å². The molecule has 0 amide bonds. The molecule has 0 aliphatic carbocycles. The summed E-state index contributed by atoms with van der Waals surface area (Å²) < 4.78 is 14.4. The summed E-state index contributed by atoms with van der Waals surface area (Å²) in [6.45, 7) is 0. The average molecular weight is 329 g/mol. The van der Waals surface area contributed by atoms with Crippen molar-refractivity contribution in [1.82, 2.24) is 0 Å². The van der Waals surface area contributed by atoms with Gasteiger partial charge in [0.2, 0.25) is 0 Å². The number of hydrogen-bond donors (Lipinski definition) is 1. The van der Waals surface area contributed by atoms with Gasteiger partial charge in [-0.3, -0.25) is 0 Å². The van der Waals surface area contributed by atoms with Crippen molar-refractivity contribution in [3.8, 4) is 0 Å². The average Bonchev–Trinajstić information content (AvgIpc) is 2.32.